The normalized spacial score (nSPS) is 15.8. The van der Waals surface area contributed by atoms with Crippen molar-refractivity contribution in [2.75, 3.05) is 6.61 Å². The molecule has 1 aromatic carbocycles. The maximum Gasteiger partial charge on any atom is 0.423 e. The summed E-state index contributed by atoms with van der Waals surface area (Å²) in [5, 5.41) is 3.25. The van der Waals surface area contributed by atoms with Gasteiger partial charge < -0.3 is 4.74 Å². The Balaban J connectivity index is 2.19. The number of hydrogen-bond acceptors (Lipinski definition) is 2. The van der Waals surface area contributed by atoms with E-state index in [9.17, 15) is 39.5 Å². The van der Waals surface area contributed by atoms with Gasteiger partial charge in [-0.2, -0.15) is 49.3 Å². The highest BCUT2D eigenvalue weighted by Gasteiger charge is 2.42. The van der Waals surface area contributed by atoms with Crippen molar-refractivity contribution in [3.8, 4) is 11.6 Å². The van der Waals surface area contributed by atoms with Crippen molar-refractivity contribution in [3.05, 3.63) is 41.1 Å². The lowest BCUT2D eigenvalue weighted by Gasteiger charge is -2.18. The van der Waals surface area contributed by atoms with Gasteiger partial charge in [0.05, 0.1) is 29.6 Å². The average molecular weight is 418 g/mol. The van der Waals surface area contributed by atoms with Gasteiger partial charge in [0.15, 0.2) is 0 Å². The molecule has 0 bridgehead atoms. The summed E-state index contributed by atoms with van der Waals surface area (Å²) < 4.78 is 123. The molecule has 2 aromatic rings. The fourth-order valence-electron chi connectivity index (χ4n) is 2.45. The Kier molecular flexibility index (Phi) is 4.79. The Morgan fingerprint density at radius 1 is 0.893 bits per heavy atom. The minimum atomic E-state index is -5.13. The van der Waals surface area contributed by atoms with Gasteiger partial charge in [0.25, 0.3) is 0 Å². The lowest BCUT2D eigenvalue weighted by atomic mass is 10.1. The third-order valence-corrected chi connectivity index (χ3v) is 4.04. The molecule has 0 unspecified atom stereocenters. The number of halogens is 9. The van der Waals surface area contributed by atoms with Crippen LogP contribution in [0, 0.1) is 5.92 Å². The SMILES string of the molecule is FC(F)(F)c1ccc(C(F)(F)F)c(-n2ncc(C(F)(F)F)c2OCC2CC2)c1. The molecule has 1 fully saturated rings. The van der Waals surface area contributed by atoms with Crippen LogP contribution < -0.4 is 4.74 Å². The number of alkyl halides is 9. The number of nitrogens with zero attached hydrogens (tertiary/aromatic N) is 2. The molecule has 0 radical (unpaired) electrons. The van der Waals surface area contributed by atoms with Crippen LogP contribution in [0.5, 0.6) is 5.88 Å². The zero-order valence-electron chi connectivity index (χ0n) is 13.7. The molecular formula is C16H11F9N2O. The molecule has 0 N–H and O–H groups in total. The van der Waals surface area contributed by atoms with Gasteiger partial charge in [-0.25, -0.2) is 0 Å². The van der Waals surface area contributed by atoms with E-state index >= 15 is 0 Å². The maximum absolute atomic E-state index is 13.3. The van der Waals surface area contributed by atoms with Crippen molar-refractivity contribution >= 4 is 0 Å². The molecule has 0 saturated heterocycles. The highest BCUT2D eigenvalue weighted by atomic mass is 19.4. The first-order chi connectivity index (χ1) is 12.8. The van der Waals surface area contributed by atoms with Gasteiger partial charge in [-0.05, 0) is 37.0 Å². The lowest BCUT2D eigenvalue weighted by Crippen LogP contribution is -2.16. The van der Waals surface area contributed by atoms with Crippen LogP contribution in [0.1, 0.15) is 29.5 Å². The largest absolute Gasteiger partial charge is 0.477 e. The molecule has 3 rings (SSSR count). The quantitative estimate of drug-likeness (QED) is 0.594. The molecule has 1 aromatic heterocycles. The van der Waals surface area contributed by atoms with E-state index in [0.29, 0.717) is 12.8 Å². The summed E-state index contributed by atoms with van der Waals surface area (Å²) in [6, 6.07) is 0.447. The van der Waals surface area contributed by atoms with E-state index in [-0.39, 0.29) is 41.6 Å². The van der Waals surface area contributed by atoms with E-state index < -0.39 is 46.8 Å². The predicted octanol–water partition coefficient (Wildman–Crippen LogP) is 5.72. The molecule has 0 atom stereocenters. The Bertz CT molecular complexity index is 860. The molecule has 1 aliphatic carbocycles. The monoisotopic (exact) mass is 418 g/mol. The van der Waals surface area contributed by atoms with Crippen LogP contribution >= 0.6 is 0 Å². The minimum Gasteiger partial charge on any atom is -0.477 e. The number of hydrogen-bond donors (Lipinski definition) is 0. The summed E-state index contributed by atoms with van der Waals surface area (Å²) in [4.78, 5) is 0. The second kappa shape index (κ2) is 6.59. The van der Waals surface area contributed by atoms with Crippen LogP contribution in [0.15, 0.2) is 24.4 Å². The van der Waals surface area contributed by atoms with Gasteiger partial charge in [0.2, 0.25) is 5.88 Å². The van der Waals surface area contributed by atoms with Gasteiger partial charge in [-0.3, -0.25) is 0 Å². The highest BCUT2D eigenvalue weighted by Crippen LogP contribution is 2.42. The van der Waals surface area contributed by atoms with E-state index in [2.05, 4.69) is 5.10 Å². The van der Waals surface area contributed by atoms with Crippen molar-refractivity contribution in [2.45, 2.75) is 31.4 Å². The zero-order valence-corrected chi connectivity index (χ0v) is 13.7. The van der Waals surface area contributed by atoms with Gasteiger partial charge in [0, 0.05) is 0 Å². The standard InChI is InChI=1S/C16H11F9N2O/c17-14(18,19)9-3-4-10(15(20,21)22)12(5-9)27-13(28-7-8-1-2-8)11(6-26-27)16(23,24)25/h3-6,8H,1-2,7H2. The summed E-state index contributed by atoms with van der Waals surface area (Å²) in [7, 11) is 0. The molecule has 1 heterocycles. The Labute approximate surface area is 151 Å². The van der Waals surface area contributed by atoms with E-state index in [1.807, 2.05) is 0 Å². The molecule has 0 amide bonds. The van der Waals surface area contributed by atoms with Crippen molar-refractivity contribution in [1.82, 2.24) is 9.78 Å². The Morgan fingerprint density at radius 3 is 2.00 bits per heavy atom. The molecule has 28 heavy (non-hydrogen) atoms. The number of ether oxygens (including phenoxy) is 1. The fraction of sp³-hybridized carbons (Fsp3) is 0.438. The summed E-state index contributed by atoms with van der Waals surface area (Å²) in [5.74, 6) is -1.14. The summed E-state index contributed by atoms with van der Waals surface area (Å²) in [6.45, 7) is -0.213. The van der Waals surface area contributed by atoms with Crippen molar-refractivity contribution in [3.63, 3.8) is 0 Å². The summed E-state index contributed by atoms with van der Waals surface area (Å²) in [6.07, 6.45) is -13.6. The van der Waals surface area contributed by atoms with Crippen molar-refractivity contribution < 1.29 is 44.3 Å². The van der Waals surface area contributed by atoms with Crippen molar-refractivity contribution in [1.29, 1.82) is 0 Å². The van der Waals surface area contributed by atoms with Gasteiger partial charge in [-0.15, -0.1) is 0 Å². The maximum atomic E-state index is 13.3. The van der Waals surface area contributed by atoms with Gasteiger partial charge in [0.1, 0.15) is 5.56 Å². The number of rotatable bonds is 4. The van der Waals surface area contributed by atoms with Crippen LogP contribution in [0.3, 0.4) is 0 Å². The summed E-state index contributed by atoms with van der Waals surface area (Å²) >= 11 is 0. The third-order valence-electron chi connectivity index (χ3n) is 4.04. The molecule has 3 nitrogen and oxygen atoms in total. The number of aromatic nitrogens is 2. The Morgan fingerprint density at radius 2 is 1.50 bits per heavy atom. The van der Waals surface area contributed by atoms with Gasteiger partial charge >= 0.3 is 18.5 Å². The first-order valence-electron chi connectivity index (χ1n) is 7.85. The average Bonchev–Trinajstić information content (AvgIpc) is 3.26. The number of benzene rings is 1. The molecule has 12 heteroatoms. The highest BCUT2D eigenvalue weighted by molar-refractivity contribution is 5.49. The minimum absolute atomic E-state index is 0.0620. The second-order valence-electron chi connectivity index (χ2n) is 6.25. The predicted molar refractivity (Wildman–Crippen MR) is 76.8 cm³/mol. The van der Waals surface area contributed by atoms with E-state index in [0.717, 1.165) is 0 Å². The first kappa shape index (κ1) is 20.3. The zero-order chi connectivity index (χ0) is 20.9. The lowest BCUT2D eigenvalue weighted by molar-refractivity contribution is -0.141. The topological polar surface area (TPSA) is 27.1 Å². The van der Waals surface area contributed by atoms with Crippen LogP contribution in [0.25, 0.3) is 5.69 Å². The van der Waals surface area contributed by atoms with E-state index in [1.165, 1.54) is 0 Å². The molecule has 0 spiro atoms. The van der Waals surface area contributed by atoms with Gasteiger partial charge in [-0.1, -0.05) is 0 Å². The smallest absolute Gasteiger partial charge is 0.423 e. The molecular weight excluding hydrogens is 407 g/mol. The van der Waals surface area contributed by atoms with E-state index in [4.69, 9.17) is 4.74 Å². The van der Waals surface area contributed by atoms with Crippen LogP contribution in [-0.2, 0) is 18.5 Å². The van der Waals surface area contributed by atoms with Crippen LogP contribution in [0.2, 0.25) is 0 Å². The van der Waals surface area contributed by atoms with Crippen molar-refractivity contribution in [2.24, 2.45) is 5.92 Å². The Hall–Kier alpha value is -2.40. The van der Waals surface area contributed by atoms with Crippen LogP contribution in [0.4, 0.5) is 39.5 Å². The molecule has 0 aliphatic heterocycles. The fourth-order valence-corrected chi connectivity index (χ4v) is 2.45. The second-order valence-corrected chi connectivity index (χ2v) is 6.25. The third kappa shape index (κ3) is 4.20. The first-order valence-corrected chi connectivity index (χ1v) is 7.85. The van der Waals surface area contributed by atoms with E-state index in [1.54, 1.807) is 0 Å². The molecule has 1 saturated carbocycles. The molecule has 1 aliphatic rings. The molecule has 154 valence electrons. The summed E-state index contributed by atoms with van der Waals surface area (Å²) in [5.41, 5.74) is -5.72. The van der Waals surface area contributed by atoms with Crippen LogP contribution in [-0.4, -0.2) is 16.4 Å².